The number of fused-ring (bicyclic) bond motifs is 1. The predicted molar refractivity (Wildman–Crippen MR) is 173 cm³/mol. The summed E-state index contributed by atoms with van der Waals surface area (Å²) in [6, 6.07) is 16.8. The van der Waals surface area contributed by atoms with E-state index in [2.05, 4.69) is 0 Å². The van der Waals surface area contributed by atoms with Crippen molar-refractivity contribution >= 4 is 46.4 Å². The monoisotopic (exact) mass is 712 g/mol. The molecule has 17 heteroatoms. The maximum absolute atomic E-state index is 12.9. The highest BCUT2D eigenvalue weighted by atomic mass is 16.7. The Morgan fingerprint density at radius 3 is 2.14 bits per heavy atom. The number of ether oxygens (including phenoxy) is 8. The van der Waals surface area contributed by atoms with Crippen LogP contribution in [0.5, 0.6) is 11.5 Å². The van der Waals surface area contributed by atoms with E-state index < -0.39 is 77.0 Å². The van der Waals surface area contributed by atoms with Crippen molar-refractivity contribution in [2.75, 3.05) is 20.4 Å². The van der Waals surface area contributed by atoms with E-state index in [1.807, 2.05) is 36.4 Å². The molecule has 3 aromatic carbocycles. The molecule has 0 aromatic heterocycles. The van der Waals surface area contributed by atoms with Gasteiger partial charge in [-0.15, -0.1) is 0 Å². The number of hydrogen-bond acceptors (Lipinski definition) is 15. The van der Waals surface area contributed by atoms with Crippen LogP contribution in [0.1, 0.15) is 33.3 Å². The minimum atomic E-state index is -1.82. The van der Waals surface area contributed by atoms with Crippen LogP contribution in [0.3, 0.4) is 0 Å². The van der Waals surface area contributed by atoms with Gasteiger partial charge in [0.15, 0.2) is 30.8 Å². The highest BCUT2D eigenvalue weighted by Gasteiger charge is 2.56. The van der Waals surface area contributed by atoms with E-state index in [1.165, 1.54) is 17.0 Å². The molecule has 0 saturated carbocycles. The molecule has 1 fully saturated rings. The zero-order valence-electron chi connectivity index (χ0n) is 28.3. The fraction of sp³-hybridized carbons (Fsp3) is 0.382. The Kier molecular flexibility index (Phi) is 12.7. The first kappa shape index (κ1) is 37.8. The third kappa shape index (κ3) is 9.60. The summed E-state index contributed by atoms with van der Waals surface area (Å²) >= 11 is 0. The molecule has 0 radical (unpaired) electrons. The standard InChI is InChI=1S/C34H36N2O15/c1-6-35(18-46-26-13-9-11-23-10-7-8-12-24(23)26)34(41)45-17-22-14-15-27(25(16-22)36(42)43)50-33-31(49-21(4)39)29(48-20(3)38)28(47-19(2)37)30(51-33)32(40)44-5/h7-16,28-31,33H,6,17-18H2,1-5H3/t28?,29-,30?,31?,33+/m0/s1. The van der Waals surface area contributed by atoms with Crippen LogP contribution in [0.4, 0.5) is 10.5 Å². The highest BCUT2D eigenvalue weighted by Crippen LogP contribution is 2.35. The summed E-state index contributed by atoms with van der Waals surface area (Å²) < 4.78 is 43.3. The number of methoxy groups -OCH3 is 1. The van der Waals surface area contributed by atoms with Crippen LogP contribution < -0.4 is 9.47 Å². The Hall–Kier alpha value is -5.97. The quantitative estimate of drug-likeness (QED) is 0.0812. The first-order valence-electron chi connectivity index (χ1n) is 15.5. The molecule has 51 heavy (non-hydrogen) atoms. The fourth-order valence-corrected chi connectivity index (χ4v) is 5.17. The SMILES string of the molecule is CCN(COc1cccc2ccccc12)C(=O)OCc1ccc(O[C@@H]2OC(C(=O)OC)C(OC(C)=O)[C@H](OC(C)=O)C2OC(C)=O)c([N+](=O)[O-])c1. The smallest absolute Gasteiger partial charge is 0.412 e. The number of carbonyl (C=O) groups excluding carboxylic acids is 5. The van der Waals surface area contributed by atoms with Crippen LogP contribution in [0.25, 0.3) is 10.8 Å². The first-order valence-corrected chi connectivity index (χ1v) is 15.5. The van der Waals surface area contributed by atoms with Crippen LogP contribution in [0.2, 0.25) is 0 Å². The molecule has 0 aliphatic carbocycles. The van der Waals surface area contributed by atoms with Gasteiger partial charge >= 0.3 is 35.7 Å². The van der Waals surface area contributed by atoms with Crippen LogP contribution in [-0.2, 0) is 54.2 Å². The molecule has 0 bridgehead atoms. The summed E-state index contributed by atoms with van der Waals surface area (Å²) in [7, 11) is 1.01. The second-order valence-corrected chi connectivity index (χ2v) is 11.0. The summed E-state index contributed by atoms with van der Waals surface area (Å²) in [5, 5.41) is 14.0. The normalized spacial score (nSPS) is 19.6. The molecule has 0 spiro atoms. The van der Waals surface area contributed by atoms with Crippen LogP contribution in [0, 0.1) is 10.1 Å². The molecule has 1 amide bonds. The van der Waals surface area contributed by atoms with Gasteiger partial charge in [-0.25, -0.2) is 9.59 Å². The number of benzene rings is 3. The largest absolute Gasteiger partial charge is 0.472 e. The summed E-state index contributed by atoms with van der Waals surface area (Å²) in [6.45, 7) is 4.52. The van der Waals surface area contributed by atoms with Crippen molar-refractivity contribution in [3.8, 4) is 11.5 Å². The lowest BCUT2D eigenvalue weighted by Crippen LogP contribution is -2.64. The van der Waals surface area contributed by atoms with Gasteiger partial charge in [0.2, 0.25) is 12.4 Å². The molecule has 1 heterocycles. The number of carbonyl (C=O) groups is 5. The second-order valence-electron chi connectivity index (χ2n) is 11.0. The van der Waals surface area contributed by atoms with E-state index in [4.69, 9.17) is 37.9 Å². The Morgan fingerprint density at radius 1 is 0.843 bits per heavy atom. The number of hydrogen-bond donors (Lipinski definition) is 0. The van der Waals surface area contributed by atoms with Gasteiger partial charge in [0.25, 0.3) is 0 Å². The number of nitrogens with zero attached hydrogens (tertiary/aromatic N) is 2. The average Bonchev–Trinajstić information content (AvgIpc) is 3.09. The van der Waals surface area contributed by atoms with Crippen molar-refractivity contribution in [2.45, 2.75) is 65.0 Å². The van der Waals surface area contributed by atoms with Crippen molar-refractivity contribution in [1.82, 2.24) is 4.90 Å². The van der Waals surface area contributed by atoms with Gasteiger partial charge in [0.1, 0.15) is 12.4 Å². The zero-order chi connectivity index (χ0) is 37.2. The average molecular weight is 713 g/mol. The summed E-state index contributed by atoms with van der Waals surface area (Å²) in [5.41, 5.74) is -0.421. The molecule has 4 rings (SSSR count). The van der Waals surface area contributed by atoms with Gasteiger partial charge in [-0.05, 0) is 30.0 Å². The van der Waals surface area contributed by atoms with Gasteiger partial charge in [0, 0.05) is 38.8 Å². The maximum Gasteiger partial charge on any atom is 0.412 e. The van der Waals surface area contributed by atoms with E-state index in [1.54, 1.807) is 13.0 Å². The van der Waals surface area contributed by atoms with Crippen molar-refractivity contribution in [2.24, 2.45) is 0 Å². The molecule has 1 aliphatic rings. The molecule has 5 atom stereocenters. The third-order valence-electron chi connectivity index (χ3n) is 7.43. The lowest BCUT2D eigenvalue weighted by atomic mass is 9.97. The predicted octanol–water partition coefficient (Wildman–Crippen LogP) is 3.81. The van der Waals surface area contributed by atoms with Crippen LogP contribution in [-0.4, -0.2) is 90.9 Å². The number of nitro benzene ring substituents is 1. The molecule has 1 aliphatic heterocycles. The summed E-state index contributed by atoms with van der Waals surface area (Å²) in [6.07, 6.45) is -9.35. The molecular formula is C34H36N2O15. The minimum absolute atomic E-state index is 0.125. The van der Waals surface area contributed by atoms with E-state index in [9.17, 15) is 34.1 Å². The van der Waals surface area contributed by atoms with Crippen molar-refractivity contribution < 1.29 is 66.8 Å². The molecule has 3 aromatic rings. The highest BCUT2D eigenvalue weighted by molar-refractivity contribution is 5.88. The first-order chi connectivity index (χ1) is 24.3. The number of nitro groups is 1. The number of amides is 1. The Morgan fingerprint density at radius 2 is 1.49 bits per heavy atom. The van der Waals surface area contributed by atoms with Crippen molar-refractivity contribution in [1.29, 1.82) is 0 Å². The van der Waals surface area contributed by atoms with Gasteiger partial charge < -0.3 is 37.9 Å². The number of rotatable bonds is 13. The number of esters is 4. The van der Waals surface area contributed by atoms with E-state index >= 15 is 0 Å². The molecule has 0 N–H and O–H groups in total. The minimum Gasteiger partial charge on any atom is -0.472 e. The lowest BCUT2D eigenvalue weighted by molar-refractivity contribution is -0.387. The van der Waals surface area contributed by atoms with E-state index in [0.717, 1.165) is 44.7 Å². The van der Waals surface area contributed by atoms with Gasteiger partial charge in [-0.3, -0.25) is 29.4 Å². The Balaban J connectivity index is 1.53. The Bertz CT molecular complexity index is 1770. The third-order valence-corrected chi connectivity index (χ3v) is 7.43. The van der Waals surface area contributed by atoms with Crippen LogP contribution >= 0.6 is 0 Å². The van der Waals surface area contributed by atoms with E-state index in [-0.39, 0.29) is 25.4 Å². The summed E-state index contributed by atoms with van der Waals surface area (Å²) in [4.78, 5) is 74.3. The van der Waals surface area contributed by atoms with Crippen molar-refractivity contribution in [3.05, 3.63) is 76.3 Å². The zero-order valence-corrected chi connectivity index (χ0v) is 28.3. The van der Waals surface area contributed by atoms with E-state index in [0.29, 0.717) is 5.75 Å². The van der Waals surface area contributed by atoms with Gasteiger partial charge in [-0.1, -0.05) is 42.5 Å². The molecule has 17 nitrogen and oxygen atoms in total. The summed E-state index contributed by atoms with van der Waals surface area (Å²) in [5.74, 6) is -3.66. The Labute approximate surface area is 291 Å². The van der Waals surface area contributed by atoms with Crippen LogP contribution in [0.15, 0.2) is 60.7 Å². The molecule has 1 saturated heterocycles. The van der Waals surface area contributed by atoms with Crippen molar-refractivity contribution in [3.63, 3.8) is 0 Å². The molecular weight excluding hydrogens is 676 g/mol. The molecule has 3 unspecified atom stereocenters. The lowest BCUT2D eigenvalue weighted by Gasteiger charge is -2.42. The topological polar surface area (TPSA) is 206 Å². The second kappa shape index (κ2) is 17.1. The molecule has 272 valence electrons. The van der Waals surface area contributed by atoms with Gasteiger partial charge in [-0.2, -0.15) is 0 Å². The maximum atomic E-state index is 12.9. The van der Waals surface area contributed by atoms with Gasteiger partial charge in [0.05, 0.1) is 12.0 Å². The fourth-order valence-electron chi connectivity index (χ4n) is 5.17.